The van der Waals surface area contributed by atoms with Gasteiger partial charge in [-0.2, -0.15) is 0 Å². The molecule has 1 aliphatic heterocycles. The second-order valence-corrected chi connectivity index (χ2v) is 5.31. The van der Waals surface area contributed by atoms with E-state index in [0.29, 0.717) is 16.3 Å². The Labute approximate surface area is 144 Å². The molecule has 0 fully saturated rings. The second-order valence-electron chi connectivity index (χ2n) is 4.91. The van der Waals surface area contributed by atoms with Gasteiger partial charge in [-0.05, 0) is 30.7 Å². The Kier molecular flexibility index (Phi) is 5.31. The van der Waals surface area contributed by atoms with Crippen molar-refractivity contribution in [1.82, 2.24) is 0 Å². The molecule has 2 rings (SSSR count). The maximum absolute atomic E-state index is 12.3. The van der Waals surface area contributed by atoms with Crippen LogP contribution < -0.4 is 4.90 Å². The first-order valence-corrected chi connectivity index (χ1v) is 7.32. The third-order valence-electron chi connectivity index (χ3n) is 3.41. The molecule has 0 amide bonds. The molecule has 0 saturated heterocycles. The molecule has 0 unspecified atom stereocenters. The van der Waals surface area contributed by atoms with Crippen molar-refractivity contribution < 1.29 is 24.2 Å². The predicted octanol–water partition coefficient (Wildman–Crippen LogP) is 2.84. The van der Waals surface area contributed by atoms with E-state index in [1.54, 1.807) is 25.1 Å². The van der Waals surface area contributed by atoms with Crippen LogP contribution in [0.15, 0.2) is 47.8 Å². The summed E-state index contributed by atoms with van der Waals surface area (Å²) in [6, 6.07) is 2.97. The normalized spacial score (nSPS) is 13.8. The molecule has 1 aliphatic rings. The van der Waals surface area contributed by atoms with Crippen LogP contribution in [-0.2, 0) is 19.1 Å². The SMILES string of the molecule is COC(=O)C1=C(C(=O)OC)N(c2cc(O)c(C)cc2Cl)C=CC=C1. The number of hydrogen-bond donors (Lipinski definition) is 1. The van der Waals surface area contributed by atoms with Crippen LogP contribution in [0.1, 0.15) is 5.56 Å². The standard InChI is InChI=1S/C17H16ClNO5/c1-10-8-12(18)13(9-14(10)20)19-7-5-4-6-11(16(21)23-2)15(19)17(22)24-3/h4-9,20H,1-3H3. The fraction of sp³-hybridized carbons (Fsp3) is 0.176. The lowest BCUT2D eigenvalue weighted by molar-refractivity contribution is -0.139. The molecule has 0 spiro atoms. The van der Waals surface area contributed by atoms with Gasteiger partial charge in [0.15, 0.2) is 0 Å². The summed E-state index contributed by atoms with van der Waals surface area (Å²) in [5.74, 6) is -1.45. The molecule has 24 heavy (non-hydrogen) atoms. The first-order chi connectivity index (χ1) is 11.4. The molecule has 1 aromatic rings. The van der Waals surface area contributed by atoms with Gasteiger partial charge in [0.25, 0.3) is 0 Å². The number of aromatic hydroxyl groups is 1. The van der Waals surface area contributed by atoms with Gasteiger partial charge in [-0.15, -0.1) is 0 Å². The van der Waals surface area contributed by atoms with Crippen molar-refractivity contribution in [2.24, 2.45) is 0 Å². The van der Waals surface area contributed by atoms with Gasteiger partial charge in [0.05, 0.1) is 30.5 Å². The number of carbonyl (C=O) groups excluding carboxylic acids is 2. The van der Waals surface area contributed by atoms with Crippen LogP contribution in [0.3, 0.4) is 0 Å². The second kappa shape index (κ2) is 7.23. The highest BCUT2D eigenvalue weighted by Gasteiger charge is 2.28. The summed E-state index contributed by atoms with van der Waals surface area (Å²) in [7, 11) is 2.42. The van der Waals surface area contributed by atoms with Gasteiger partial charge in [0.2, 0.25) is 0 Å². The fourth-order valence-corrected chi connectivity index (χ4v) is 2.50. The molecular weight excluding hydrogens is 334 g/mol. The summed E-state index contributed by atoms with van der Waals surface area (Å²) >= 11 is 6.26. The van der Waals surface area contributed by atoms with Crippen molar-refractivity contribution in [3.63, 3.8) is 0 Å². The zero-order valence-electron chi connectivity index (χ0n) is 13.4. The van der Waals surface area contributed by atoms with E-state index in [1.807, 2.05) is 0 Å². The minimum Gasteiger partial charge on any atom is -0.508 e. The number of phenols is 1. The highest BCUT2D eigenvalue weighted by atomic mass is 35.5. The average Bonchev–Trinajstić information content (AvgIpc) is 2.79. The predicted molar refractivity (Wildman–Crippen MR) is 89.7 cm³/mol. The van der Waals surface area contributed by atoms with E-state index < -0.39 is 11.9 Å². The molecule has 1 N–H and O–H groups in total. The van der Waals surface area contributed by atoms with E-state index in [0.717, 1.165) is 0 Å². The molecule has 6 nitrogen and oxygen atoms in total. The van der Waals surface area contributed by atoms with Crippen molar-refractivity contribution in [2.75, 3.05) is 19.1 Å². The summed E-state index contributed by atoms with van der Waals surface area (Å²) in [4.78, 5) is 25.7. The Balaban J connectivity index is 2.72. The van der Waals surface area contributed by atoms with Crippen LogP contribution in [0.2, 0.25) is 5.02 Å². The lowest BCUT2D eigenvalue weighted by atomic mass is 10.1. The number of esters is 2. The van der Waals surface area contributed by atoms with Crippen LogP contribution in [0.4, 0.5) is 5.69 Å². The van der Waals surface area contributed by atoms with E-state index in [1.165, 1.54) is 37.5 Å². The summed E-state index contributed by atoms with van der Waals surface area (Å²) in [6.07, 6.45) is 6.18. The zero-order valence-corrected chi connectivity index (χ0v) is 14.1. The monoisotopic (exact) mass is 349 g/mol. The quantitative estimate of drug-likeness (QED) is 0.846. The van der Waals surface area contributed by atoms with Gasteiger partial charge in [0.1, 0.15) is 11.4 Å². The number of halogens is 1. The highest BCUT2D eigenvalue weighted by molar-refractivity contribution is 6.33. The topological polar surface area (TPSA) is 76.1 Å². The Hall–Kier alpha value is -2.73. The van der Waals surface area contributed by atoms with Crippen molar-refractivity contribution in [1.29, 1.82) is 0 Å². The van der Waals surface area contributed by atoms with Gasteiger partial charge < -0.3 is 19.5 Å². The lowest BCUT2D eigenvalue weighted by Crippen LogP contribution is -2.27. The Morgan fingerprint density at radius 2 is 1.79 bits per heavy atom. The van der Waals surface area contributed by atoms with E-state index in [4.69, 9.17) is 21.1 Å². The number of rotatable bonds is 3. The average molecular weight is 350 g/mol. The van der Waals surface area contributed by atoms with E-state index in [9.17, 15) is 14.7 Å². The van der Waals surface area contributed by atoms with E-state index in [-0.39, 0.29) is 17.0 Å². The third kappa shape index (κ3) is 3.28. The smallest absolute Gasteiger partial charge is 0.355 e. The molecule has 1 aromatic carbocycles. The molecule has 0 atom stereocenters. The fourth-order valence-electron chi connectivity index (χ4n) is 2.19. The first-order valence-electron chi connectivity index (χ1n) is 6.94. The number of anilines is 1. The van der Waals surface area contributed by atoms with E-state index in [2.05, 4.69) is 0 Å². The molecule has 0 aromatic heterocycles. The summed E-state index contributed by atoms with van der Waals surface area (Å²) in [5.41, 5.74) is 0.837. The molecule has 0 radical (unpaired) electrons. The number of benzene rings is 1. The minimum absolute atomic E-state index is 0.00356. The molecule has 0 saturated carbocycles. The number of aryl methyl sites for hydroxylation is 1. The molecule has 126 valence electrons. The Morgan fingerprint density at radius 3 is 2.42 bits per heavy atom. The number of ether oxygens (including phenoxy) is 2. The molecule has 0 bridgehead atoms. The Morgan fingerprint density at radius 1 is 1.12 bits per heavy atom. The molecule has 0 aliphatic carbocycles. The van der Waals surface area contributed by atoms with Crippen LogP contribution in [-0.4, -0.2) is 31.3 Å². The summed E-state index contributed by atoms with van der Waals surface area (Å²) in [6.45, 7) is 1.70. The number of phenolic OH excluding ortho intramolecular Hbond substituents is 1. The van der Waals surface area contributed by atoms with Gasteiger partial charge in [-0.25, -0.2) is 9.59 Å². The molecular formula is C17H16ClNO5. The van der Waals surface area contributed by atoms with Gasteiger partial charge >= 0.3 is 11.9 Å². The largest absolute Gasteiger partial charge is 0.508 e. The van der Waals surface area contributed by atoms with Crippen LogP contribution in [0.5, 0.6) is 5.75 Å². The van der Waals surface area contributed by atoms with Crippen LogP contribution in [0, 0.1) is 6.92 Å². The maximum atomic E-state index is 12.3. The van der Waals surface area contributed by atoms with Crippen molar-refractivity contribution in [2.45, 2.75) is 6.92 Å². The van der Waals surface area contributed by atoms with Gasteiger partial charge in [-0.3, -0.25) is 0 Å². The number of allylic oxidation sites excluding steroid dienone is 2. The number of nitrogens with zero attached hydrogens (tertiary/aromatic N) is 1. The van der Waals surface area contributed by atoms with Crippen molar-refractivity contribution in [3.8, 4) is 5.75 Å². The highest BCUT2D eigenvalue weighted by Crippen LogP contribution is 2.36. The zero-order chi connectivity index (χ0) is 17.9. The van der Waals surface area contributed by atoms with Gasteiger partial charge in [0, 0.05) is 12.3 Å². The molecule has 7 heteroatoms. The van der Waals surface area contributed by atoms with Crippen LogP contribution >= 0.6 is 11.6 Å². The van der Waals surface area contributed by atoms with Crippen molar-refractivity contribution in [3.05, 3.63) is 58.4 Å². The first kappa shape index (κ1) is 17.6. The van der Waals surface area contributed by atoms with E-state index >= 15 is 0 Å². The van der Waals surface area contributed by atoms with Crippen molar-refractivity contribution >= 4 is 29.2 Å². The number of carbonyl (C=O) groups is 2. The number of methoxy groups -OCH3 is 2. The summed E-state index contributed by atoms with van der Waals surface area (Å²) < 4.78 is 9.53. The summed E-state index contributed by atoms with van der Waals surface area (Å²) in [5, 5.41) is 10.3. The number of hydrogen-bond acceptors (Lipinski definition) is 6. The maximum Gasteiger partial charge on any atom is 0.355 e. The minimum atomic E-state index is -0.747. The third-order valence-corrected chi connectivity index (χ3v) is 3.72. The Bertz CT molecular complexity index is 779. The van der Waals surface area contributed by atoms with Crippen LogP contribution in [0.25, 0.3) is 0 Å². The molecule has 1 heterocycles. The van der Waals surface area contributed by atoms with Gasteiger partial charge in [-0.1, -0.05) is 17.7 Å². The lowest BCUT2D eigenvalue weighted by Gasteiger charge is -2.24.